The number of carboxylic acid groups (broad SMARTS) is 1. The number of nitrogens with zero attached hydrogens (tertiary/aromatic N) is 2. The number of aryl methyl sites for hydroxylation is 1. The second-order valence-electron chi connectivity index (χ2n) is 5.43. The molecule has 0 atom stereocenters. The fraction of sp³-hybridized carbons (Fsp3) is 0.312. The molecule has 120 valence electrons. The molecule has 0 spiro atoms. The van der Waals surface area contributed by atoms with Gasteiger partial charge in [-0.25, -0.2) is 9.78 Å². The van der Waals surface area contributed by atoms with Gasteiger partial charge in [-0.3, -0.25) is 4.79 Å². The molecule has 0 fully saturated rings. The zero-order valence-corrected chi connectivity index (χ0v) is 12.9. The summed E-state index contributed by atoms with van der Waals surface area (Å²) in [5, 5.41) is 9.51. The van der Waals surface area contributed by atoms with Crippen molar-refractivity contribution >= 4 is 22.6 Å². The van der Waals surface area contributed by atoms with Gasteiger partial charge in [0.15, 0.2) is 0 Å². The molecular weight excluding hydrogens is 298 g/mol. The van der Waals surface area contributed by atoms with Gasteiger partial charge in [0.05, 0.1) is 18.0 Å². The van der Waals surface area contributed by atoms with E-state index in [1.165, 1.54) is 4.90 Å². The molecule has 2 heterocycles. The lowest BCUT2D eigenvalue weighted by Gasteiger charge is -2.24. The van der Waals surface area contributed by atoms with E-state index < -0.39 is 6.09 Å². The number of fused-ring (bicyclic) bond motifs is 1. The SMILES string of the molecule is COc1cc2nc(C)[nH]c(=O)c2cc1C1=CCN(C(=O)O)CC1. The summed E-state index contributed by atoms with van der Waals surface area (Å²) in [7, 11) is 1.57. The van der Waals surface area contributed by atoms with E-state index in [0.29, 0.717) is 42.0 Å². The fourth-order valence-corrected chi connectivity index (χ4v) is 2.79. The van der Waals surface area contributed by atoms with Gasteiger partial charge in [-0.2, -0.15) is 0 Å². The van der Waals surface area contributed by atoms with Gasteiger partial charge in [0, 0.05) is 24.7 Å². The number of rotatable bonds is 2. The molecule has 1 amide bonds. The lowest BCUT2D eigenvalue weighted by molar-refractivity contribution is 0.150. The number of hydrogen-bond donors (Lipinski definition) is 2. The number of hydrogen-bond acceptors (Lipinski definition) is 4. The quantitative estimate of drug-likeness (QED) is 0.884. The van der Waals surface area contributed by atoms with Crippen molar-refractivity contribution in [3.63, 3.8) is 0 Å². The molecular formula is C16H17N3O4. The highest BCUT2D eigenvalue weighted by Crippen LogP contribution is 2.32. The molecule has 2 aromatic rings. The largest absolute Gasteiger partial charge is 0.496 e. The lowest BCUT2D eigenvalue weighted by Crippen LogP contribution is -2.33. The minimum Gasteiger partial charge on any atom is -0.496 e. The highest BCUT2D eigenvalue weighted by atomic mass is 16.5. The summed E-state index contributed by atoms with van der Waals surface area (Å²) in [4.78, 5) is 31.5. The maximum Gasteiger partial charge on any atom is 0.407 e. The summed E-state index contributed by atoms with van der Waals surface area (Å²) < 4.78 is 5.44. The Bertz CT molecular complexity index is 869. The maximum atomic E-state index is 12.1. The molecule has 0 saturated heterocycles. The van der Waals surface area contributed by atoms with Crippen molar-refractivity contribution in [2.45, 2.75) is 13.3 Å². The van der Waals surface area contributed by atoms with E-state index in [9.17, 15) is 9.59 Å². The summed E-state index contributed by atoms with van der Waals surface area (Å²) in [6, 6.07) is 3.51. The van der Waals surface area contributed by atoms with Gasteiger partial charge in [0.25, 0.3) is 5.56 Å². The molecule has 3 rings (SSSR count). The molecule has 0 aliphatic carbocycles. The number of amides is 1. The number of nitrogens with one attached hydrogen (secondary N) is 1. The van der Waals surface area contributed by atoms with Gasteiger partial charge in [-0.1, -0.05) is 6.08 Å². The fourth-order valence-electron chi connectivity index (χ4n) is 2.79. The number of aromatic amines is 1. The second kappa shape index (κ2) is 5.75. The monoisotopic (exact) mass is 315 g/mol. The number of H-pyrrole nitrogens is 1. The Kier molecular flexibility index (Phi) is 3.77. The van der Waals surface area contributed by atoms with E-state index in [0.717, 1.165) is 11.1 Å². The average molecular weight is 315 g/mol. The third-order valence-corrected chi connectivity index (χ3v) is 3.97. The molecule has 0 bridgehead atoms. The van der Waals surface area contributed by atoms with Gasteiger partial charge < -0.3 is 19.7 Å². The molecule has 7 nitrogen and oxygen atoms in total. The smallest absolute Gasteiger partial charge is 0.407 e. The number of carbonyl (C=O) groups is 1. The summed E-state index contributed by atoms with van der Waals surface area (Å²) in [6.07, 6.45) is 1.50. The molecule has 0 unspecified atom stereocenters. The minimum atomic E-state index is -0.929. The van der Waals surface area contributed by atoms with Crippen LogP contribution >= 0.6 is 0 Å². The standard InChI is InChI=1S/C16H17N3O4/c1-9-17-13-8-14(23-2)11(7-12(13)15(20)18-9)10-3-5-19(6-4-10)16(21)22/h3,7-8H,4-6H2,1-2H3,(H,21,22)(H,17,18,20). The minimum absolute atomic E-state index is 0.194. The Balaban J connectivity index is 2.10. The Morgan fingerprint density at radius 3 is 2.83 bits per heavy atom. The predicted octanol–water partition coefficient (Wildman–Crippen LogP) is 2.01. The summed E-state index contributed by atoms with van der Waals surface area (Å²) in [6.45, 7) is 2.48. The van der Waals surface area contributed by atoms with Crippen molar-refractivity contribution in [3.05, 3.63) is 40.0 Å². The van der Waals surface area contributed by atoms with Crippen molar-refractivity contribution in [1.29, 1.82) is 0 Å². The summed E-state index contributed by atoms with van der Waals surface area (Å²) in [5.74, 6) is 1.18. The van der Waals surface area contributed by atoms with E-state index >= 15 is 0 Å². The van der Waals surface area contributed by atoms with Crippen LogP contribution in [0.5, 0.6) is 5.75 Å². The summed E-state index contributed by atoms with van der Waals surface area (Å²) in [5.41, 5.74) is 2.16. The normalized spacial score (nSPS) is 14.7. The summed E-state index contributed by atoms with van der Waals surface area (Å²) >= 11 is 0. The van der Waals surface area contributed by atoms with Crippen molar-refractivity contribution in [1.82, 2.24) is 14.9 Å². The van der Waals surface area contributed by atoms with Gasteiger partial charge in [0.1, 0.15) is 11.6 Å². The van der Waals surface area contributed by atoms with E-state index in [1.807, 2.05) is 6.08 Å². The van der Waals surface area contributed by atoms with Gasteiger partial charge >= 0.3 is 6.09 Å². The molecule has 1 aliphatic heterocycles. The van der Waals surface area contributed by atoms with Crippen molar-refractivity contribution in [3.8, 4) is 5.75 Å². The Hall–Kier alpha value is -2.83. The first kappa shape index (κ1) is 15.1. The van der Waals surface area contributed by atoms with Crippen LogP contribution in [0.1, 0.15) is 17.8 Å². The van der Waals surface area contributed by atoms with Crippen LogP contribution in [-0.2, 0) is 0 Å². The van der Waals surface area contributed by atoms with Crippen LogP contribution in [0.3, 0.4) is 0 Å². The Labute approximate surface area is 132 Å². The highest BCUT2D eigenvalue weighted by Gasteiger charge is 2.20. The molecule has 0 saturated carbocycles. The van der Waals surface area contributed by atoms with Crippen LogP contribution in [0.15, 0.2) is 23.0 Å². The lowest BCUT2D eigenvalue weighted by atomic mass is 9.97. The van der Waals surface area contributed by atoms with Crippen LogP contribution in [0.4, 0.5) is 4.79 Å². The van der Waals surface area contributed by atoms with Gasteiger partial charge in [-0.05, 0) is 25.0 Å². The Morgan fingerprint density at radius 1 is 1.43 bits per heavy atom. The van der Waals surface area contributed by atoms with Gasteiger partial charge in [-0.15, -0.1) is 0 Å². The van der Waals surface area contributed by atoms with Crippen molar-refractivity contribution in [2.24, 2.45) is 0 Å². The first-order valence-electron chi connectivity index (χ1n) is 7.25. The van der Waals surface area contributed by atoms with Crippen LogP contribution < -0.4 is 10.3 Å². The maximum absolute atomic E-state index is 12.1. The Morgan fingerprint density at radius 2 is 2.22 bits per heavy atom. The molecule has 1 aromatic carbocycles. The second-order valence-corrected chi connectivity index (χ2v) is 5.43. The molecule has 1 aliphatic rings. The van der Waals surface area contributed by atoms with E-state index in [2.05, 4.69) is 9.97 Å². The average Bonchev–Trinajstić information content (AvgIpc) is 2.53. The molecule has 7 heteroatoms. The van der Waals surface area contributed by atoms with Crippen LogP contribution in [0.2, 0.25) is 0 Å². The van der Waals surface area contributed by atoms with E-state index in [-0.39, 0.29) is 5.56 Å². The number of benzene rings is 1. The molecule has 0 radical (unpaired) electrons. The molecule has 2 N–H and O–H groups in total. The van der Waals surface area contributed by atoms with Crippen LogP contribution in [-0.4, -0.2) is 46.3 Å². The zero-order chi connectivity index (χ0) is 16.6. The zero-order valence-electron chi connectivity index (χ0n) is 12.9. The number of aromatic nitrogens is 2. The van der Waals surface area contributed by atoms with E-state index in [4.69, 9.17) is 9.84 Å². The number of methoxy groups -OCH3 is 1. The van der Waals surface area contributed by atoms with E-state index in [1.54, 1.807) is 26.2 Å². The predicted molar refractivity (Wildman–Crippen MR) is 85.8 cm³/mol. The first-order chi connectivity index (χ1) is 11.0. The molecule has 1 aromatic heterocycles. The van der Waals surface area contributed by atoms with Gasteiger partial charge in [0.2, 0.25) is 0 Å². The molecule has 23 heavy (non-hydrogen) atoms. The first-order valence-corrected chi connectivity index (χ1v) is 7.25. The topological polar surface area (TPSA) is 95.5 Å². The number of ether oxygens (including phenoxy) is 1. The highest BCUT2D eigenvalue weighted by molar-refractivity contribution is 5.86. The third kappa shape index (κ3) is 2.77. The van der Waals surface area contributed by atoms with Crippen molar-refractivity contribution in [2.75, 3.05) is 20.2 Å². The van der Waals surface area contributed by atoms with Crippen LogP contribution in [0.25, 0.3) is 16.5 Å². The third-order valence-electron chi connectivity index (χ3n) is 3.97. The van der Waals surface area contributed by atoms with Crippen molar-refractivity contribution < 1.29 is 14.6 Å². The van der Waals surface area contributed by atoms with Crippen LogP contribution in [0, 0.1) is 6.92 Å².